The Labute approximate surface area is 123 Å². The summed E-state index contributed by atoms with van der Waals surface area (Å²) in [7, 11) is 2.10. The molecule has 0 amide bonds. The lowest BCUT2D eigenvalue weighted by Crippen LogP contribution is -2.29. The molecular weight excluding hydrogens is 248 g/mol. The maximum atomic E-state index is 6.32. The molecule has 0 aliphatic heterocycles. The number of likely N-dealkylation sites (N-methyl/N-ethyl adjacent to an activating group) is 1. The van der Waals surface area contributed by atoms with Crippen LogP contribution < -0.4 is 10.5 Å². The SMILES string of the molecule is C[C@H]1CCCC[C@@H]1Oc1ccccc1CN(C)CCN. The minimum absolute atomic E-state index is 0.379. The Morgan fingerprint density at radius 1 is 1.25 bits per heavy atom. The first kappa shape index (κ1) is 15.3. The Hall–Kier alpha value is -1.06. The number of benzene rings is 1. The van der Waals surface area contributed by atoms with Gasteiger partial charge in [-0.25, -0.2) is 0 Å². The summed E-state index contributed by atoms with van der Waals surface area (Å²) in [6.07, 6.45) is 5.50. The maximum absolute atomic E-state index is 6.32. The quantitative estimate of drug-likeness (QED) is 0.868. The molecule has 0 radical (unpaired) electrons. The molecule has 20 heavy (non-hydrogen) atoms. The van der Waals surface area contributed by atoms with Crippen molar-refractivity contribution in [2.75, 3.05) is 20.1 Å². The van der Waals surface area contributed by atoms with E-state index < -0.39 is 0 Å². The van der Waals surface area contributed by atoms with Crippen LogP contribution in [-0.4, -0.2) is 31.1 Å². The van der Waals surface area contributed by atoms with E-state index in [1.807, 2.05) is 0 Å². The minimum Gasteiger partial charge on any atom is -0.490 e. The molecule has 1 aromatic carbocycles. The Bertz CT molecular complexity index is 408. The van der Waals surface area contributed by atoms with E-state index in [0.29, 0.717) is 18.6 Å². The summed E-state index contributed by atoms with van der Waals surface area (Å²) in [6.45, 7) is 4.81. The van der Waals surface area contributed by atoms with E-state index in [9.17, 15) is 0 Å². The normalized spacial score (nSPS) is 23.0. The smallest absolute Gasteiger partial charge is 0.124 e. The molecule has 0 saturated heterocycles. The van der Waals surface area contributed by atoms with Crippen molar-refractivity contribution in [3.8, 4) is 5.75 Å². The average Bonchev–Trinajstić information content (AvgIpc) is 2.44. The second-order valence-electron chi connectivity index (χ2n) is 6.05. The lowest BCUT2D eigenvalue weighted by Gasteiger charge is -2.30. The molecule has 0 heterocycles. The summed E-state index contributed by atoms with van der Waals surface area (Å²) >= 11 is 0. The molecule has 1 aromatic rings. The molecule has 3 heteroatoms. The number of rotatable bonds is 6. The van der Waals surface area contributed by atoms with Gasteiger partial charge in [0.15, 0.2) is 0 Å². The third kappa shape index (κ3) is 4.22. The number of hydrogen-bond acceptors (Lipinski definition) is 3. The molecule has 0 unspecified atom stereocenters. The van der Waals surface area contributed by atoms with Crippen molar-refractivity contribution in [2.45, 2.75) is 45.3 Å². The molecule has 112 valence electrons. The van der Waals surface area contributed by atoms with Gasteiger partial charge in [0, 0.05) is 25.2 Å². The first-order valence-electron chi connectivity index (χ1n) is 7.84. The van der Waals surface area contributed by atoms with Crippen LogP contribution in [0, 0.1) is 5.92 Å². The highest BCUT2D eigenvalue weighted by Gasteiger charge is 2.23. The Kier molecular flexibility index (Phi) is 5.86. The number of nitrogens with zero attached hydrogens (tertiary/aromatic N) is 1. The van der Waals surface area contributed by atoms with Crippen LogP contribution in [0.4, 0.5) is 0 Å². The van der Waals surface area contributed by atoms with Gasteiger partial charge >= 0.3 is 0 Å². The molecule has 0 aromatic heterocycles. The summed E-state index contributed by atoms with van der Waals surface area (Å²) in [5, 5.41) is 0. The predicted octanol–water partition coefficient (Wildman–Crippen LogP) is 3.03. The molecule has 2 atom stereocenters. The fourth-order valence-corrected chi connectivity index (χ4v) is 2.96. The van der Waals surface area contributed by atoms with Crippen LogP contribution in [0.5, 0.6) is 5.75 Å². The minimum atomic E-state index is 0.379. The predicted molar refractivity (Wildman–Crippen MR) is 83.9 cm³/mol. The van der Waals surface area contributed by atoms with Crippen LogP contribution in [0.25, 0.3) is 0 Å². The first-order valence-corrected chi connectivity index (χ1v) is 7.84. The van der Waals surface area contributed by atoms with E-state index in [4.69, 9.17) is 10.5 Å². The second kappa shape index (κ2) is 7.65. The summed E-state index contributed by atoms with van der Waals surface area (Å²) in [6, 6.07) is 8.42. The lowest BCUT2D eigenvalue weighted by molar-refractivity contribution is 0.100. The van der Waals surface area contributed by atoms with Crippen molar-refractivity contribution >= 4 is 0 Å². The summed E-state index contributed by atoms with van der Waals surface area (Å²) in [5.74, 6) is 1.72. The highest BCUT2D eigenvalue weighted by molar-refractivity contribution is 5.33. The molecule has 1 fully saturated rings. The zero-order chi connectivity index (χ0) is 14.4. The topological polar surface area (TPSA) is 38.5 Å². The van der Waals surface area contributed by atoms with Crippen molar-refractivity contribution in [1.29, 1.82) is 0 Å². The highest BCUT2D eigenvalue weighted by Crippen LogP contribution is 2.30. The second-order valence-corrected chi connectivity index (χ2v) is 6.05. The third-order valence-electron chi connectivity index (χ3n) is 4.23. The summed E-state index contributed by atoms with van der Waals surface area (Å²) in [5.41, 5.74) is 6.88. The van der Waals surface area contributed by atoms with Gasteiger partial charge in [-0.05, 0) is 38.3 Å². The Morgan fingerprint density at radius 3 is 2.75 bits per heavy atom. The van der Waals surface area contributed by atoms with E-state index in [1.165, 1.54) is 31.2 Å². The molecule has 1 aliphatic carbocycles. The zero-order valence-corrected chi connectivity index (χ0v) is 12.8. The summed E-state index contributed by atoms with van der Waals surface area (Å²) in [4.78, 5) is 2.24. The van der Waals surface area contributed by atoms with Gasteiger partial charge in [-0.1, -0.05) is 31.5 Å². The van der Waals surface area contributed by atoms with Crippen molar-refractivity contribution in [2.24, 2.45) is 11.7 Å². The lowest BCUT2D eigenvalue weighted by atomic mass is 9.88. The molecule has 1 saturated carbocycles. The van der Waals surface area contributed by atoms with E-state index in [0.717, 1.165) is 18.8 Å². The van der Waals surface area contributed by atoms with Gasteiger partial charge in [0.1, 0.15) is 11.9 Å². The van der Waals surface area contributed by atoms with Crippen molar-refractivity contribution in [3.05, 3.63) is 29.8 Å². The summed E-state index contributed by atoms with van der Waals surface area (Å²) < 4.78 is 6.32. The molecule has 0 spiro atoms. The van der Waals surface area contributed by atoms with Crippen LogP contribution >= 0.6 is 0 Å². The van der Waals surface area contributed by atoms with E-state index in [1.54, 1.807) is 0 Å². The Balaban J connectivity index is 2.03. The van der Waals surface area contributed by atoms with Crippen LogP contribution in [-0.2, 0) is 6.54 Å². The van der Waals surface area contributed by atoms with Crippen LogP contribution in [0.1, 0.15) is 38.2 Å². The van der Waals surface area contributed by atoms with Gasteiger partial charge in [-0.3, -0.25) is 0 Å². The van der Waals surface area contributed by atoms with E-state index in [2.05, 4.69) is 43.1 Å². The van der Waals surface area contributed by atoms with E-state index in [-0.39, 0.29) is 0 Å². The van der Waals surface area contributed by atoms with Crippen LogP contribution in [0.15, 0.2) is 24.3 Å². The van der Waals surface area contributed by atoms with Crippen LogP contribution in [0.2, 0.25) is 0 Å². The Morgan fingerprint density at radius 2 is 2.00 bits per heavy atom. The van der Waals surface area contributed by atoms with Crippen molar-refractivity contribution < 1.29 is 4.74 Å². The van der Waals surface area contributed by atoms with Gasteiger partial charge in [-0.2, -0.15) is 0 Å². The number of para-hydroxylation sites is 1. The van der Waals surface area contributed by atoms with Crippen molar-refractivity contribution in [1.82, 2.24) is 4.90 Å². The van der Waals surface area contributed by atoms with Crippen molar-refractivity contribution in [3.63, 3.8) is 0 Å². The van der Waals surface area contributed by atoms with Gasteiger partial charge in [0.05, 0.1) is 0 Å². The number of nitrogens with two attached hydrogens (primary N) is 1. The molecule has 2 rings (SSSR count). The maximum Gasteiger partial charge on any atom is 0.124 e. The molecule has 2 N–H and O–H groups in total. The average molecular weight is 276 g/mol. The fraction of sp³-hybridized carbons (Fsp3) is 0.647. The standard InChI is InChI=1S/C17H28N2O/c1-14-7-3-5-9-16(14)20-17-10-6-4-8-15(17)13-19(2)12-11-18/h4,6,8,10,14,16H,3,5,7,9,11-13,18H2,1-2H3/t14-,16-/m0/s1. The largest absolute Gasteiger partial charge is 0.490 e. The van der Waals surface area contributed by atoms with Crippen LogP contribution in [0.3, 0.4) is 0 Å². The van der Waals surface area contributed by atoms with Gasteiger partial charge in [-0.15, -0.1) is 0 Å². The molecule has 1 aliphatic rings. The highest BCUT2D eigenvalue weighted by atomic mass is 16.5. The monoisotopic (exact) mass is 276 g/mol. The number of ether oxygens (including phenoxy) is 1. The number of hydrogen-bond donors (Lipinski definition) is 1. The fourth-order valence-electron chi connectivity index (χ4n) is 2.96. The van der Waals surface area contributed by atoms with Gasteiger partial charge in [0.2, 0.25) is 0 Å². The van der Waals surface area contributed by atoms with Gasteiger partial charge in [0.25, 0.3) is 0 Å². The molecular formula is C17H28N2O. The molecule has 0 bridgehead atoms. The third-order valence-corrected chi connectivity index (χ3v) is 4.23. The zero-order valence-electron chi connectivity index (χ0n) is 12.8. The van der Waals surface area contributed by atoms with E-state index >= 15 is 0 Å². The molecule has 3 nitrogen and oxygen atoms in total. The first-order chi connectivity index (χ1) is 9.70. The van der Waals surface area contributed by atoms with Gasteiger partial charge < -0.3 is 15.4 Å².